The van der Waals surface area contributed by atoms with Gasteiger partial charge in [-0.2, -0.15) is 0 Å². The highest BCUT2D eigenvalue weighted by molar-refractivity contribution is 6.31. The van der Waals surface area contributed by atoms with E-state index in [0.717, 1.165) is 18.5 Å². The molecule has 0 aliphatic carbocycles. The van der Waals surface area contributed by atoms with E-state index in [4.69, 9.17) is 11.6 Å². The number of para-hydroxylation sites is 1. The van der Waals surface area contributed by atoms with Crippen molar-refractivity contribution in [2.75, 3.05) is 22.9 Å². The Labute approximate surface area is 156 Å². The molecule has 134 valence electrons. The van der Waals surface area contributed by atoms with E-state index in [1.807, 2.05) is 24.3 Å². The minimum atomic E-state index is -0.528. The first-order chi connectivity index (χ1) is 12.5. The van der Waals surface area contributed by atoms with Crippen LogP contribution in [0.5, 0.6) is 0 Å². The lowest BCUT2D eigenvalue weighted by atomic mass is 9.99. The zero-order chi connectivity index (χ0) is 18.3. The fraction of sp³-hybridized carbons (Fsp3) is 0.300. The van der Waals surface area contributed by atoms with Crippen LogP contribution in [0.2, 0.25) is 5.02 Å². The van der Waals surface area contributed by atoms with Crippen LogP contribution in [0.3, 0.4) is 0 Å². The maximum absolute atomic E-state index is 13.4. The molecule has 1 saturated heterocycles. The Kier molecular flexibility index (Phi) is 4.41. The first-order valence-corrected chi connectivity index (χ1v) is 9.07. The number of hydrogen-bond acceptors (Lipinski definition) is 2. The van der Waals surface area contributed by atoms with Gasteiger partial charge in [-0.05, 0) is 42.7 Å². The van der Waals surface area contributed by atoms with E-state index in [2.05, 4.69) is 0 Å². The zero-order valence-corrected chi connectivity index (χ0v) is 14.9. The Morgan fingerprint density at radius 1 is 1.19 bits per heavy atom. The third-order valence-electron chi connectivity index (χ3n) is 5.07. The minimum Gasteiger partial charge on any atom is -0.312 e. The van der Waals surface area contributed by atoms with Crippen LogP contribution in [0, 0.1) is 11.7 Å². The second-order valence-corrected chi connectivity index (χ2v) is 7.13. The molecule has 2 aliphatic rings. The normalized spacial score (nSPS) is 19.6. The van der Waals surface area contributed by atoms with E-state index in [9.17, 15) is 14.0 Å². The maximum atomic E-state index is 13.4. The minimum absolute atomic E-state index is 0.0267. The van der Waals surface area contributed by atoms with Crippen molar-refractivity contribution in [2.24, 2.45) is 5.92 Å². The van der Waals surface area contributed by atoms with Crippen LogP contribution < -0.4 is 9.80 Å². The number of rotatable bonds is 2. The summed E-state index contributed by atoms with van der Waals surface area (Å²) in [4.78, 5) is 28.8. The maximum Gasteiger partial charge on any atom is 0.232 e. The Hall–Kier alpha value is -2.40. The highest BCUT2D eigenvalue weighted by Crippen LogP contribution is 2.32. The standard InChI is InChI=1S/C20H18ClFN2O2/c21-16-11-15(7-8-17(16)22)24-12-14(10-19(24)25)20(26)23-9-3-5-13-4-1-2-6-18(13)23/h1-2,4,6-8,11,14H,3,5,9-10,12H2. The van der Waals surface area contributed by atoms with Crippen LogP contribution in [-0.2, 0) is 16.0 Å². The summed E-state index contributed by atoms with van der Waals surface area (Å²) in [5.41, 5.74) is 2.63. The molecule has 0 spiro atoms. The van der Waals surface area contributed by atoms with Gasteiger partial charge >= 0.3 is 0 Å². The quantitative estimate of drug-likeness (QED) is 0.804. The summed E-state index contributed by atoms with van der Waals surface area (Å²) in [6.45, 7) is 0.960. The molecule has 0 aromatic heterocycles. The summed E-state index contributed by atoms with van der Waals surface area (Å²) in [5, 5.41) is -0.0324. The second-order valence-electron chi connectivity index (χ2n) is 6.73. The van der Waals surface area contributed by atoms with Gasteiger partial charge in [0.25, 0.3) is 0 Å². The number of halogens is 2. The molecule has 4 rings (SSSR count). The summed E-state index contributed by atoms with van der Waals surface area (Å²) in [7, 11) is 0. The van der Waals surface area contributed by atoms with Crippen LogP contribution >= 0.6 is 11.6 Å². The summed E-state index contributed by atoms with van der Waals surface area (Å²) >= 11 is 5.83. The molecular weight excluding hydrogens is 355 g/mol. The Balaban J connectivity index is 1.56. The van der Waals surface area contributed by atoms with Crippen molar-refractivity contribution in [1.82, 2.24) is 0 Å². The first-order valence-electron chi connectivity index (χ1n) is 8.69. The third kappa shape index (κ3) is 2.97. The van der Waals surface area contributed by atoms with Crippen molar-refractivity contribution in [3.8, 4) is 0 Å². The van der Waals surface area contributed by atoms with E-state index >= 15 is 0 Å². The van der Waals surface area contributed by atoms with Gasteiger partial charge in [0.15, 0.2) is 0 Å². The highest BCUT2D eigenvalue weighted by Gasteiger charge is 2.38. The molecule has 0 saturated carbocycles. The largest absolute Gasteiger partial charge is 0.312 e. The predicted octanol–water partition coefficient (Wildman–Crippen LogP) is 3.81. The molecule has 4 nitrogen and oxygen atoms in total. The Morgan fingerprint density at radius 2 is 2.00 bits per heavy atom. The van der Waals surface area contributed by atoms with E-state index in [-0.39, 0.29) is 29.8 Å². The van der Waals surface area contributed by atoms with Gasteiger partial charge in [-0.1, -0.05) is 29.8 Å². The van der Waals surface area contributed by atoms with Crippen LogP contribution in [-0.4, -0.2) is 24.9 Å². The van der Waals surface area contributed by atoms with E-state index in [0.29, 0.717) is 12.2 Å². The SMILES string of the molecule is O=C1CC(C(=O)N2CCCc3ccccc32)CN1c1ccc(F)c(Cl)c1. The summed E-state index contributed by atoms with van der Waals surface area (Å²) in [6.07, 6.45) is 2.04. The zero-order valence-electron chi connectivity index (χ0n) is 14.1. The number of hydrogen-bond donors (Lipinski definition) is 0. The topological polar surface area (TPSA) is 40.6 Å². The average molecular weight is 373 g/mol. The molecule has 2 heterocycles. The van der Waals surface area contributed by atoms with Crippen LogP contribution in [0.4, 0.5) is 15.8 Å². The number of fused-ring (bicyclic) bond motifs is 1. The lowest BCUT2D eigenvalue weighted by Gasteiger charge is -2.31. The van der Waals surface area contributed by atoms with Gasteiger partial charge in [0.05, 0.1) is 10.9 Å². The molecule has 6 heteroatoms. The second kappa shape index (κ2) is 6.72. The van der Waals surface area contributed by atoms with Gasteiger partial charge in [0.1, 0.15) is 5.82 Å². The van der Waals surface area contributed by atoms with Gasteiger partial charge in [0, 0.05) is 30.9 Å². The van der Waals surface area contributed by atoms with Crippen molar-refractivity contribution in [2.45, 2.75) is 19.3 Å². The lowest BCUT2D eigenvalue weighted by Crippen LogP contribution is -2.40. The first kappa shape index (κ1) is 17.0. The van der Waals surface area contributed by atoms with Gasteiger partial charge in [-0.25, -0.2) is 4.39 Å². The fourth-order valence-electron chi connectivity index (χ4n) is 3.76. The summed E-state index contributed by atoms with van der Waals surface area (Å²) in [5.74, 6) is -1.10. The number of carbonyl (C=O) groups excluding carboxylic acids is 2. The monoisotopic (exact) mass is 372 g/mol. The van der Waals surface area contributed by atoms with Crippen LogP contribution in [0.15, 0.2) is 42.5 Å². The van der Waals surface area contributed by atoms with Crippen LogP contribution in [0.1, 0.15) is 18.4 Å². The number of aryl methyl sites for hydroxylation is 1. The number of benzene rings is 2. The predicted molar refractivity (Wildman–Crippen MR) is 99.0 cm³/mol. The number of carbonyl (C=O) groups is 2. The summed E-state index contributed by atoms with van der Waals surface area (Å²) < 4.78 is 13.4. The molecule has 2 aromatic rings. The smallest absolute Gasteiger partial charge is 0.232 e. The average Bonchev–Trinajstić information content (AvgIpc) is 3.04. The molecule has 2 aliphatic heterocycles. The molecule has 2 aromatic carbocycles. The van der Waals surface area contributed by atoms with Crippen LogP contribution in [0.25, 0.3) is 0 Å². The van der Waals surface area contributed by atoms with E-state index in [1.165, 1.54) is 28.7 Å². The molecule has 1 unspecified atom stereocenters. The highest BCUT2D eigenvalue weighted by atomic mass is 35.5. The number of amides is 2. The Morgan fingerprint density at radius 3 is 2.81 bits per heavy atom. The van der Waals surface area contributed by atoms with Crippen molar-refractivity contribution >= 4 is 34.8 Å². The number of anilines is 2. The molecule has 0 N–H and O–H groups in total. The fourth-order valence-corrected chi connectivity index (χ4v) is 3.93. The summed E-state index contributed by atoms with van der Waals surface area (Å²) in [6, 6.07) is 12.1. The molecular formula is C20H18ClFN2O2. The van der Waals surface area contributed by atoms with Gasteiger partial charge < -0.3 is 9.80 Å². The van der Waals surface area contributed by atoms with Crippen molar-refractivity contribution in [1.29, 1.82) is 0 Å². The lowest BCUT2D eigenvalue weighted by molar-refractivity contribution is -0.124. The molecule has 0 bridgehead atoms. The van der Waals surface area contributed by atoms with Crippen molar-refractivity contribution in [3.63, 3.8) is 0 Å². The van der Waals surface area contributed by atoms with Crippen molar-refractivity contribution < 1.29 is 14.0 Å². The molecule has 1 fully saturated rings. The van der Waals surface area contributed by atoms with E-state index < -0.39 is 11.7 Å². The van der Waals surface area contributed by atoms with Crippen molar-refractivity contribution in [3.05, 3.63) is 58.9 Å². The van der Waals surface area contributed by atoms with Gasteiger partial charge in [-0.3, -0.25) is 9.59 Å². The Bertz CT molecular complexity index is 886. The van der Waals surface area contributed by atoms with Gasteiger partial charge in [-0.15, -0.1) is 0 Å². The molecule has 26 heavy (non-hydrogen) atoms. The third-order valence-corrected chi connectivity index (χ3v) is 5.36. The number of nitrogens with zero attached hydrogens (tertiary/aromatic N) is 2. The molecule has 1 atom stereocenters. The molecule has 2 amide bonds. The molecule has 0 radical (unpaired) electrons. The van der Waals surface area contributed by atoms with Gasteiger partial charge in [0.2, 0.25) is 11.8 Å². The van der Waals surface area contributed by atoms with E-state index in [1.54, 1.807) is 4.90 Å².